The van der Waals surface area contributed by atoms with Crippen LogP contribution < -0.4 is 10.1 Å². The number of amides is 1. The van der Waals surface area contributed by atoms with E-state index >= 15 is 0 Å². The third-order valence-corrected chi connectivity index (χ3v) is 4.33. The Kier molecular flexibility index (Phi) is 6.56. The molecule has 23 heavy (non-hydrogen) atoms. The maximum absolute atomic E-state index is 12.3. The van der Waals surface area contributed by atoms with Gasteiger partial charge in [-0.15, -0.1) is 11.8 Å². The van der Waals surface area contributed by atoms with Crippen molar-refractivity contribution >= 4 is 35.0 Å². The van der Waals surface area contributed by atoms with Crippen LogP contribution in [0.5, 0.6) is 5.75 Å². The van der Waals surface area contributed by atoms with Crippen LogP contribution in [-0.2, 0) is 4.79 Å². The Morgan fingerprint density at radius 3 is 2.78 bits per heavy atom. The minimum absolute atomic E-state index is 0.0641. The molecule has 0 unspecified atom stereocenters. The van der Waals surface area contributed by atoms with Crippen molar-refractivity contribution in [1.29, 1.82) is 0 Å². The van der Waals surface area contributed by atoms with E-state index in [9.17, 15) is 4.79 Å². The maximum atomic E-state index is 12.3. The SMILES string of the molecule is C=CCOc1cccc(NC(=O)[C@@H](C)Sc2ccc(Cl)cc2)c1. The number of ether oxygens (including phenoxy) is 1. The van der Waals surface area contributed by atoms with E-state index < -0.39 is 0 Å². The van der Waals surface area contributed by atoms with Gasteiger partial charge in [-0.3, -0.25) is 4.79 Å². The predicted molar refractivity (Wildman–Crippen MR) is 97.5 cm³/mol. The number of thioether (sulfide) groups is 1. The first-order valence-electron chi connectivity index (χ1n) is 7.15. The van der Waals surface area contributed by atoms with Crippen LogP contribution in [-0.4, -0.2) is 17.8 Å². The van der Waals surface area contributed by atoms with Gasteiger partial charge in [0.15, 0.2) is 0 Å². The lowest BCUT2D eigenvalue weighted by atomic mass is 10.3. The summed E-state index contributed by atoms with van der Waals surface area (Å²) in [7, 11) is 0. The van der Waals surface area contributed by atoms with Crippen molar-refractivity contribution in [3.05, 3.63) is 66.2 Å². The molecule has 1 N–H and O–H groups in total. The highest BCUT2D eigenvalue weighted by molar-refractivity contribution is 8.00. The molecule has 0 bridgehead atoms. The molecule has 2 aromatic carbocycles. The Labute approximate surface area is 145 Å². The molecule has 0 heterocycles. The zero-order valence-corrected chi connectivity index (χ0v) is 14.4. The predicted octanol–water partition coefficient (Wildman–Crippen LogP) is 5.02. The number of nitrogens with one attached hydrogen (secondary N) is 1. The van der Waals surface area contributed by atoms with E-state index in [1.165, 1.54) is 11.8 Å². The molecule has 0 aliphatic rings. The zero-order chi connectivity index (χ0) is 16.7. The van der Waals surface area contributed by atoms with Crippen molar-refractivity contribution in [1.82, 2.24) is 0 Å². The van der Waals surface area contributed by atoms with E-state index in [-0.39, 0.29) is 11.2 Å². The van der Waals surface area contributed by atoms with E-state index in [2.05, 4.69) is 11.9 Å². The van der Waals surface area contributed by atoms with Gasteiger partial charge in [0.25, 0.3) is 0 Å². The third kappa shape index (κ3) is 5.66. The number of hydrogen-bond acceptors (Lipinski definition) is 3. The summed E-state index contributed by atoms with van der Waals surface area (Å²) >= 11 is 7.35. The molecular formula is C18H18ClNO2S. The quantitative estimate of drug-likeness (QED) is 0.564. The van der Waals surface area contributed by atoms with Crippen molar-refractivity contribution in [3.63, 3.8) is 0 Å². The fraction of sp³-hybridized carbons (Fsp3) is 0.167. The second-order valence-electron chi connectivity index (χ2n) is 4.83. The average Bonchev–Trinajstić information content (AvgIpc) is 2.55. The molecule has 0 aliphatic heterocycles. The summed E-state index contributed by atoms with van der Waals surface area (Å²) in [5.41, 5.74) is 0.708. The molecule has 5 heteroatoms. The number of benzene rings is 2. The second-order valence-corrected chi connectivity index (χ2v) is 6.68. The second kappa shape index (κ2) is 8.65. The lowest BCUT2D eigenvalue weighted by molar-refractivity contribution is -0.115. The van der Waals surface area contributed by atoms with Crippen LogP contribution in [0.2, 0.25) is 5.02 Å². The molecule has 120 valence electrons. The van der Waals surface area contributed by atoms with E-state index in [1.807, 2.05) is 49.4 Å². The Balaban J connectivity index is 1.95. The molecule has 0 aliphatic carbocycles. The Hall–Kier alpha value is -1.91. The molecule has 1 atom stereocenters. The van der Waals surface area contributed by atoms with Crippen LogP contribution >= 0.6 is 23.4 Å². The zero-order valence-electron chi connectivity index (χ0n) is 12.8. The fourth-order valence-corrected chi connectivity index (χ4v) is 2.83. The topological polar surface area (TPSA) is 38.3 Å². The van der Waals surface area contributed by atoms with Crippen molar-refractivity contribution in [3.8, 4) is 5.75 Å². The maximum Gasteiger partial charge on any atom is 0.237 e. The molecule has 0 aromatic heterocycles. The molecule has 3 nitrogen and oxygen atoms in total. The van der Waals surface area contributed by atoms with E-state index in [1.54, 1.807) is 12.1 Å². The summed E-state index contributed by atoms with van der Waals surface area (Å²) in [5.74, 6) is 0.631. The van der Waals surface area contributed by atoms with Gasteiger partial charge in [0, 0.05) is 21.7 Å². The lowest BCUT2D eigenvalue weighted by Crippen LogP contribution is -2.22. The van der Waals surface area contributed by atoms with Crippen LogP contribution in [0.25, 0.3) is 0 Å². The molecule has 2 rings (SSSR count). The summed E-state index contributed by atoms with van der Waals surface area (Å²) in [5, 5.41) is 3.35. The van der Waals surface area contributed by atoms with Gasteiger partial charge >= 0.3 is 0 Å². The number of halogens is 1. The summed E-state index contributed by atoms with van der Waals surface area (Å²) in [4.78, 5) is 13.3. The fourth-order valence-electron chi connectivity index (χ4n) is 1.83. The van der Waals surface area contributed by atoms with Crippen molar-refractivity contribution in [2.75, 3.05) is 11.9 Å². The standard InChI is InChI=1S/C18H18ClNO2S/c1-3-11-22-16-6-4-5-15(12-16)20-18(21)13(2)23-17-9-7-14(19)8-10-17/h3-10,12-13H,1,11H2,2H3,(H,20,21)/t13-/m1/s1. The number of rotatable bonds is 7. The van der Waals surface area contributed by atoms with Gasteiger partial charge in [0.1, 0.15) is 12.4 Å². The number of carbonyl (C=O) groups is 1. The molecule has 2 aromatic rings. The van der Waals surface area contributed by atoms with Crippen molar-refractivity contribution in [2.24, 2.45) is 0 Å². The van der Waals surface area contributed by atoms with Crippen LogP contribution in [0.3, 0.4) is 0 Å². The Morgan fingerprint density at radius 1 is 1.35 bits per heavy atom. The molecule has 0 spiro atoms. The smallest absolute Gasteiger partial charge is 0.237 e. The highest BCUT2D eigenvalue weighted by Gasteiger charge is 2.14. The van der Waals surface area contributed by atoms with Gasteiger partial charge in [-0.1, -0.05) is 30.3 Å². The minimum atomic E-state index is -0.228. The van der Waals surface area contributed by atoms with Gasteiger partial charge in [-0.2, -0.15) is 0 Å². The van der Waals surface area contributed by atoms with Gasteiger partial charge in [-0.05, 0) is 43.3 Å². The van der Waals surface area contributed by atoms with Gasteiger partial charge in [0.2, 0.25) is 5.91 Å². The van der Waals surface area contributed by atoms with Gasteiger partial charge < -0.3 is 10.1 Å². The first-order valence-corrected chi connectivity index (χ1v) is 8.41. The Bertz CT molecular complexity index is 673. The summed E-state index contributed by atoms with van der Waals surface area (Å²) < 4.78 is 5.46. The summed E-state index contributed by atoms with van der Waals surface area (Å²) in [6.07, 6.45) is 1.68. The van der Waals surface area contributed by atoms with E-state index in [0.29, 0.717) is 23.1 Å². The van der Waals surface area contributed by atoms with Gasteiger partial charge in [-0.25, -0.2) is 0 Å². The largest absolute Gasteiger partial charge is 0.489 e. The van der Waals surface area contributed by atoms with Crippen molar-refractivity contribution in [2.45, 2.75) is 17.1 Å². The normalized spacial score (nSPS) is 11.6. The van der Waals surface area contributed by atoms with E-state index in [4.69, 9.17) is 16.3 Å². The van der Waals surface area contributed by atoms with Crippen LogP contribution in [0, 0.1) is 0 Å². The highest BCUT2D eigenvalue weighted by Crippen LogP contribution is 2.26. The Morgan fingerprint density at radius 2 is 2.09 bits per heavy atom. The molecule has 1 amide bonds. The van der Waals surface area contributed by atoms with Crippen LogP contribution in [0.1, 0.15) is 6.92 Å². The number of carbonyl (C=O) groups excluding carboxylic acids is 1. The number of anilines is 1. The monoisotopic (exact) mass is 347 g/mol. The van der Waals surface area contributed by atoms with Gasteiger partial charge in [0.05, 0.1) is 5.25 Å². The summed E-state index contributed by atoms with van der Waals surface area (Å²) in [6, 6.07) is 14.7. The first-order chi connectivity index (χ1) is 11.1. The molecular weight excluding hydrogens is 330 g/mol. The highest BCUT2D eigenvalue weighted by atomic mass is 35.5. The third-order valence-electron chi connectivity index (χ3n) is 2.97. The number of hydrogen-bond donors (Lipinski definition) is 1. The molecule has 0 fully saturated rings. The molecule has 0 radical (unpaired) electrons. The lowest BCUT2D eigenvalue weighted by Gasteiger charge is -2.13. The van der Waals surface area contributed by atoms with Crippen LogP contribution in [0.15, 0.2) is 66.1 Å². The minimum Gasteiger partial charge on any atom is -0.489 e. The summed E-state index contributed by atoms with van der Waals surface area (Å²) in [6.45, 7) is 5.91. The van der Waals surface area contributed by atoms with Crippen molar-refractivity contribution < 1.29 is 9.53 Å². The van der Waals surface area contributed by atoms with Crippen LogP contribution in [0.4, 0.5) is 5.69 Å². The molecule has 0 saturated heterocycles. The first kappa shape index (κ1) is 17.4. The molecule has 0 saturated carbocycles. The average molecular weight is 348 g/mol. The van der Waals surface area contributed by atoms with E-state index in [0.717, 1.165) is 4.90 Å².